The average Bonchev–Trinajstić information content (AvgIpc) is 2.62. The molecule has 0 nitrogen and oxygen atoms in total. The van der Waals surface area contributed by atoms with Crippen molar-refractivity contribution in [2.24, 2.45) is 0 Å². The van der Waals surface area contributed by atoms with Crippen LogP contribution >= 0.6 is 0 Å². The summed E-state index contributed by atoms with van der Waals surface area (Å²) >= 11 is 0. The van der Waals surface area contributed by atoms with E-state index in [-0.39, 0.29) is 11.1 Å². The van der Waals surface area contributed by atoms with Crippen molar-refractivity contribution in [3.8, 4) is 11.1 Å². The van der Waals surface area contributed by atoms with Crippen molar-refractivity contribution in [2.75, 3.05) is 0 Å². The number of aryl methyl sites for hydroxylation is 3. The topological polar surface area (TPSA) is 0 Å². The highest BCUT2D eigenvalue weighted by Crippen LogP contribution is 2.27. The van der Waals surface area contributed by atoms with E-state index in [0.29, 0.717) is 6.42 Å². The van der Waals surface area contributed by atoms with Gasteiger partial charge in [0, 0.05) is 11.1 Å². The first-order valence-electron chi connectivity index (χ1n) is 8.39. The predicted molar refractivity (Wildman–Crippen MR) is 95.0 cm³/mol. The van der Waals surface area contributed by atoms with Gasteiger partial charge in [0.25, 0.3) is 0 Å². The summed E-state index contributed by atoms with van der Waals surface area (Å²) in [6, 6.07) is 16.0. The van der Waals surface area contributed by atoms with Gasteiger partial charge in [-0.1, -0.05) is 43.3 Å². The SMILES string of the molecule is CCc1ccccc1CCc1ccc(-c2cc(F)ccc2F)c(F)c1. The van der Waals surface area contributed by atoms with E-state index in [4.69, 9.17) is 0 Å². The molecule has 3 aromatic rings. The fraction of sp³-hybridized carbons (Fsp3) is 0.182. The predicted octanol–water partition coefficient (Wildman–Crippen LogP) is 6.12. The third-order valence-electron chi connectivity index (χ3n) is 4.43. The maximum atomic E-state index is 14.4. The van der Waals surface area contributed by atoms with Gasteiger partial charge in [-0.3, -0.25) is 0 Å². The number of rotatable bonds is 5. The molecule has 0 aliphatic carbocycles. The molecule has 0 unspecified atom stereocenters. The van der Waals surface area contributed by atoms with Gasteiger partial charge < -0.3 is 0 Å². The molecule has 0 saturated heterocycles. The minimum absolute atomic E-state index is 0.0552. The second-order valence-corrected chi connectivity index (χ2v) is 6.06. The molecule has 0 atom stereocenters. The van der Waals surface area contributed by atoms with Crippen molar-refractivity contribution in [2.45, 2.75) is 26.2 Å². The molecule has 0 aliphatic heterocycles. The molecule has 0 heterocycles. The van der Waals surface area contributed by atoms with Gasteiger partial charge in [0.05, 0.1) is 0 Å². The molecule has 3 heteroatoms. The molecule has 3 aromatic carbocycles. The fourth-order valence-electron chi connectivity index (χ4n) is 3.06. The van der Waals surface area contributed by atoms with E-state index >= 15 is 0 Å². The second-order valence-electron chi connectivity index (χ2n) is 6.06. The van der Waals surface area contributed by atoms with Crippen LogP contribution < -0.4 is 0 Å². The first-order chi connectivity index (χ1) is 12.1. The van der Waals surface area contributed by atoms with Crippen molar-refractivity contribution in [1.82, 2.24) is 0 Å². The highest BCUT2D eigenvalue weighted by atomic mass is 19.1. The summed E-state index contributed by atoms with van der Waals surface area (Å²) in [7, 11) is 0. The maximum Gasteiger partial charge on any atom is 0.131 e. The van der Waals surface area contributed by atoms with Gasteiger partial charge in [0.1, 0.15) is 17.5 Å². The summed E-state index contributed by atoms with van der Waals surface area (Å²) in [5.41, 5.74) is 3.41. The van der Waals surface area contributed by atoms with Crippen LogP contribution in [0, 0.1) is 17.5 Å². The summed E-state index contributed by atoms with van der Waals surface area (Å²) < 4.78 is 41.6. The lowest BCUT2D eigenvalue weighted by Crippen LogP contribution is -1.97. The zero-order valence-corrected chi connectivity index (χ0v) is 14.0. The summed E-state index contributed by atoms with van der Waals surface area (Å²) in [6.07, 6.45) is 2.47. The number of halogens is 3. The van der Waals surface area contributed by atoms with E-state index < -0.39 is 17.5 Å². The Morgan fingerprint density at radius 2 is 1.44 bits per heavy atom. The van der Waals surface area contributed by atoms with E-state index in [2.05, 4.69) is 19.1 Å². The minimum atomic E-state index is -0.634. The van der Waals surface area contributed by atoms with Crippen LogP contribution in [0.5, 0.6) is 0 Å². The third kappa shape index (κ3) is 3.93. The van der Waals surface area contributed by atoms with Crippen molar-refractivity contribution < 1.29 is 13.2 Å². The molecule has 0 saturated carbocycles. The van der Waals surface area contributed by atoms with Crippen LogP contribution in [0.15, 0.2) is 60.7 Å². The Morgan fingerprint density at radius 1 is 0.680 bits per heavy atom. The van der Waals surface area contributed by atoms with Gasteiger partial charge in [0.2, 0.25) is 0 Å². The van der Waals surface area contributed by atoms with Gasteiger partial charge in [-0.25, -0.2) is 13.2 Å². The summed E-state index contributed by atoms with van der Waals surface area (Å²) in [6.45, 7) is 2.11. The largest absolute Gasteiger partial charge is 0.207 e. The number of hydrogen-bond acceptors (Lipinski definition) is 0. The lowest BCUT2D eigenvalue weighted by atomic mass is 9.96. The van der Waals surface area contributed by atoms with Crippen molar-refractivity contribution in [3.63, 3.8) is 0 Å². The number of benzene rings is 3. The van der Waals surface area contributed by atoms with E-state index in [9.17, 15) is 13.2 Å². The monoisotopic (exact) mass is 340 g/mol. The molecular weight excluding hydrogens is 321 g/mol. The Hall–Kier alpha value is -2.55. The summed E-state index contributed by atoms with van der Waals surface area (Å²) in [5.74, 6) is -1.76. The fourth-order valence-corrected chi connectivity index (χ4v) is 3.06. The summed E-state index contributed by atoms with van der Waals surface area (Å²) in [5, 5.41) is 0. The van der Waals surface area contributed by atoms with Gasteiger partial charge in [-0.2, -0.15) is 0 Å². The van der Waals surface area contributed by atoms with Gasteiger partial charge in [-0.15, -0.1) is 0 Å². The molecule has 25 heavy (non-hydrogen) atoms. The van der Waals surface area contributed by atoms with Crippen molar-refractivity contribution in [1.29, 1.82) is 0 Å². The molecule has 0 aliphatic rings. The Labute approximate surface area is 146 Å². The maximum absolute atomic E-state index is 14.4. The quantitative estimate of drug-likeness (QED) is 0.525. The van der Waals surface area contributed by atoms with Crippen LogP contribution in [0.3, 0.4) is 0 Å². The molecule has 128 valence electrons. The Kier molecular flexibility index (Phi) is 5.22. The van der Waals surface area contributed by atoms with Crippen LogP contribution in [0.4, 0.5) is 13.2 Å². The Morgan fingerprint density at radius 3 is 2.16 bits per heavy atom. The summed E-state index contributed by atoms with van der Waals surface area (Å²) in [4.78, 5) is 0. The van der Waals surface area contributed by atoms with Crippen LogP contribution in [0.2, 0.25) is 0 Å². The molecule has 0 bridgehead atoms. The Balaban J connectivity index is 1.81. The zero-order chi connectivity index (χ0) is 17.8. The molecule has 0 aromatic heterocycles. The smallest absolute Gasteiger partial charge is 0.131 e. The van der Waals surface area contributed by atoms with Crippen LogP contribution in [0.25, 0.3) is 11.1 Å². The highest BCUT2D eigenvalue weighted by Gasteiger charge is 2.12. The molecule has 0 fully saturated rings. The average molecular weight is 340 g/mol. The molecule has 0 spiro atoms. The molecular formula is C22H19F3. The van der Waals surface area contributed by atoms with E-state index in [1.54, 1.807) is 6.07 Å². The van der Waals surface area contributed by atoms with Crippen LogP contribution in [0.1, 0.15) is 23.6 Å². The number of hydrogen-bond donors (Lipinski definition) is 0. The zero-order valence-electron chi connectivity index (χ0n) is 14.0. The first kappa shape index (κ1) is 17.3. The second kappa shape index (κ2) is 7.56. The highest BCUT2D eigenvalue weighted by molar-refractivity contribution is 5.65. The van der Waals surface area contributed by atoms with E-state index in [1.165, 1.54) is 23.3 Å². The normalized spacial score (nSPS) is 10.9. The lowest BCUT2D eigenvalue weighted by molar-refractivity contribution is 0.597. The van der Waals surface area contributed by atoms with Crippen LogP contribution in [-0.2, 0) is 19.3 Å². The van der Waals surface area contributed by atoms with Gasteiger partial charge in [-0.05, 0) is 60.2 Å². The Bertz CT molecular complexity index is 884. The third-order valence-corrected chi connectivity index (χ3v) is 4.43. The first-order valence-corrected chi connectivity index (χ1v) is 8.39. The van der Waals surface area contributed by atoms with Gasteiger partial charge in [0.15, 0.2) is 0 Å². The van der Waals surface area contributed by atoms with Crippen LogP contribution in [-0.4, -0.2) is 0 Å². The standard InChI is InChI=1S/C22H19F3/c1-2-16-5-3-4-6-17(16)9-7-15-8-11-19(22(25)13-15)20-14-18(23)10-12-21(20)24/h3-6,8,10-14H,2,7,9H2,1H3. The van der Waals surface area contributed by atoms with E-state index in [0.717, 1.165) is 36.6 Å². The van der Waals surface area contributed by atoms with Crippen molar-refractivity contribution in [3.05, 3.63) is 94.8 Å². The van der Waals surface area contributed by atoms with Gasteiger partial charge >= 0.3 is 0 Å². The molecule has 0 radical (unpaired) electrons. The minimum Gasteiger partial charge on any atom is -0.207 e. The molecule has 3 rings (SSSR count). The molecule has 0 N–H and O–H groups in total. The van der Waals surface area contributed by atoms with Crippen molar-refractivity contribution >= 4 is 0 Å². The lowest BCUT2D eigenvalue weighted by Gasteiger charge is -2.10. The van der Waals surface area contributed by atoms with E-state index in [1.807, 2.05) is 12.1 Å². The molecule has 0 amide bonds.